The molecule has 6 nitrogen and oxygen atoms in total. The number of nitrogens with zero attached hydrogens (tertiary/aromatic N) is 2. The molecule has 0 atom stereocenters. The Morgan fingerprint density at radius 3 is 2.42 bits per heavy atom. The van der Waals surface area contributed by atoms with Gasteiger partial charge in [-0.3, -0.25) is 9.78 Å². The van der Waals surface area contributed by atoms with Crippen molar-refractivity contribution in [1.82, 2.24) is 15.2 Å². The Kier molecular flexibility index (Phi) is 4.46. The molecule has 0 spiro atoms. The van der Waals surface area contributed by atoms with Crippen LogP contribution < -0.4 is 10.6 Å². The zero-order chi connectivity index (χ0) is 17.1. The Balaban J connectivity index is 1.60. The minimum atomic E-state index is -0.276. The molecule has 24 heavy (non-hydrogen) atoms. The standard InChI is InChI=1S/C18H20N4O2/c1-22(2)17(23)16-11-14(7-8-19-16)20-18(24)21-15-9-12-5-3-4-6-13(12)10-15/h3-8,11,15H,9-10H2,1-2H3,(H2,19,20,21,24). The van der Waals surface area contributed by atoms with Crippen molar-refractivity contribution < 1.29 is 9.59 Å². The Morgan fingerprint density at radius 2 is 1.79 bits per heavy atom. The topological polar surface area (TPSA) is 74.3 Å². The Hall–Kier alpha value is -2.89. The number of amides is 3. The molecule has 0 saturated heterocycles. The van der Waals surface area contributed by atoms with Crippen LogP contribution in [-0.2, 0) is 12.8 Å². The fraction of sp³-hybridized carbons (Fsp3) is 0.278. The number of anilines is 1. The van der Waals surface area contributed by atoms with Crippen LogP contribution >= 0.6 is 0 Å². The van der Waals surface area contributed by atoms with Crippen molar-refractivity contribution >= 4 is 17.6 Å². The third kappa shape index (κ3) is 3.53. The summed E-state index contributed by atoms with van der Waals surface area (Å²) in [6.45, 7) is 0. The molecule has 1 aliphatic carbocycles. The summed E-state index contributed by atoms with van der Waals surface area (Å²) in [5.74, 6) is -0.203. The van der Waals surface area contributed by atoms with Gasteiger partial charge >= 0.3 is 6.03 Å². The molecular formula is C18H20N4O2. The molecule has 0 bridgehead atoms. The molecule has 0 radical (unpaired) electrons. The van der Waals surface area contributed by atoms with Gasteiger partial charge in [0.25, 0.3) is 5.91 Å². The molecule has 1 aromatic carbocycles. The second kappa shape index (κ2) is 6.70. The quantitative estimate of drug-likeness (QED) is 0.908. The van der Waals surface area contributed by atoms with Crippen LogP contribution in [0.25, 0.3) is 0 Å². The minimum Gasteiger partial charge on any atom is -0.343 e. The molecule has 124 valence electrons. The number of pyridine rings is 1. The zero-order valence-electron chi connectivity index (χ0n) is 13.7. The van der Waals surface area contributed by atoms with Crippen LogP contribution in [0.15, 0.2) is 42.6 Å². The molecule has 1 aromatic heterocycles. The van der Waals surface area contributed by atoms with Gasteiger partial charge in [0.05, 0.1) is 0 Å². The summed E-state index contributed by atoms with van der Waals surface area (Å²) in [5, 5.41) is 5.75. The van der Waals surface area contributed by atoms with Gasteiger partial charge in [0, 0.05) is 32.0 Å². The molecular weight excluding hydrogens is 304 g/mol. The average molecular weight is 324 g/mol. The number of hydrogen-bond acceptors (Lipinski definition) is 3. The van der Waals surface area contributed by atoms with Crippen LogP contribution in [0.1, 0.15) is 21.6 Å². The third-order valence-corrected chi connectivity index (χ3v) is 4.03. The lowest BCUT2D eigenvalue weighted by Crippen LogP contribution is -2.38. The van der Waals surface area contributed by atoms with E-state index in [9.17, 15) is 9.59 Å². The smallest absolute Gasteiger partial charge is 0.319 e. The van der Waals surface area contributed by atoms with Gasteiger partial charge in [-0.15, -0.1) is 0 Å². The summed E-state index contributed by atoms with van der Waals surface area (Å²) in [7, 11) is 3.32. The fourth-order valence-corrected chi connectivity index (χ4v) is 2.87. The number of fused-ring (bicyclic) bond motifs is 1. The van der Waals surface area contributed by atoms with Crippen LogP contribution in [0.5, 0.6) is 0 Å². The van der Waals surface area contributed by atoms with Gasteiger partial charge in [0.15, 0.2) is 0 Å². The summed E-state index contributed by atoms with van der Waals surface area (Å²) in [4.78, 5) is 29.6. The lowest BCUT2D eigenvalue weighted by atomic mass is 10.1. The van der Waals surface area contributed by atoms with Gasteiger partial charge in [-0.25, -0.2) is 4.79 Å². The molecule has 3 amide bonds. The summed E-state index contributed by atoms with van der Waals surface area (Å²) in [6.07, 6.45) is 3.19. The second-order valence-corrected chi connectivity index (χ2v) is 6.10. The fourth-order valence-electron chi connectivity index (χ4n) is 2.87. The number of aromatic nitrogens is 1. The van der Waals surface area contributed by atoms with E-state index < -0.39 is 0 Å². The highest BCUT2D eigenvalue weighted by Crippen LogP contribution is 2.21. The molecule has 6 heteroatoms. The molecule has 0 saturated carbocycles. The largest absolute Gasteiger partial charge is 0.343 e. The summed E-state index contributed by atoms with van der Waals surface area (Å²) in [6, 6.07) is 11.3. The third-order valence-electron chi connectivity index (χ3n) is 4.03. The van der Waals surface area contributed by atoms with Crippen LogP contribution in [0.2, 0.25) is 0 Å². The van der Waals surface area contributed by atoms with Gasteiger partial charge in [0.1, 0.15) is 5.69 Å². The van der Waals surface area contributed by atoms with E-state index in [-0.39, 0.29) is 18.0 Å². The number of carbonyl (C=O) groups excluding carboxylic acids is 2. The Morgan fingerprint density at radius 1 is 1.12 bits per heavy atom. The number of nitrogens with one attached hydrogen (secondary N) is 2. The van der Waals surface area contributed by atoms with E-state index in [1.165, 1.54) is 22.2 Å². The van der Waals surface area contributed by atoms with Crippen LogP contribution in [0.4, 0.5) is 10.5 Å². The predicted octanol–water partition coefficient (Wildman–Crippen LogP) is 2.07. The van der Waals surface area contributed by atoms with Crippen molar-refractivity contribution in [2.24, 2.45) is 0 Å². The maximum absolute atomic E-state index is 12.2. The van der Waals surface area contributed by atoms with Crippen LogP contribution in [0, 0.1) is 0 Å². The van der Waals surface area contributed by atoms with E-state index in [1.807, 2.05) is 12.1 Å². The molecule has 3 rings (SSSR count). The maximum Gasteiger partial charge on any atom is 0.319 e. The summed E-state index contributed by atoms with van der Waals surface area (Å²) in [5.41, 5.74) is 3.41. The lowest BCUT2D eigenvalue weighted by Gasteiger charge is -2.14. The average Bonchev–Trinajstić information content (AvgIpc) is 2.96. The first-order valence-corrected chi connectivity index (χ1v) is 7.85. The predicted molar refractivity (Wildman–Crippen MR) is 92.0 cm³/mol. The Bertz CT molecular complexity index is 748. The van der Waals surface area contributed by atoms with E-state index in [0.29, 0.717) is 11.4 Å². The summed E-state index contributed by atoms with van der Waals surface area (Å²) >= 11 is 0. The normalized spacial score (nSPS) is 13.2. The van der Waals surface area contributed by atoms with Crippen molar-refractivity contribution in [2.45, 2.75) is 18.9 Å². The van der Waals surface area contributed by atoms with Gasteiger partial charge < -0.3 is 15.5 Å². The molecule has 2 aromatic rings. The molecule has 1 aliphatic rings. The van der Waals surface area contributed by atoms with Crippen molar-refractivity contribution in [1.29, 1.82) is 0 Å². The second-order valence-electron chi connectivity index (χ2n) is 6.10. The highest BCUT2D eigenvalue weighted by Gasteiger charge is 2.22. The number of hydrogen-bond donors (Lipinski definition) is 2. The van der Waals surface area contributed by atoms with Crippen molar-refractivity contribution in [3.05, 3.63) is 59.4 Å². The first-order chi connectivity index (χ1) is 11.5. The first kappa shape index (κ1) is 16.0. The van der Waals surface area contributed by atoms with E-state index in [0.717, 1.165) is 12.8 Å². The Labute approximate surface area is 140 Å². The molecule has 0 aliphatic heterocycles. The highest BCUT2D eigenvalue weighted by molar-refractivity contribution is 5.95. The highest BCUT2D eigenvalue weighted by atomic mass is 16.2. The SMILES string of the molecule is CN(C)C(=O)c1cc(NC(=O)NC2Cc3ccccc3C2)ccn1. The van der Waals surface area contributed by atoms with Gasteiger partial charge in [-0.05, 0) is 36.1 Å². The van der Waals surface area contributed by atoms with Crippen LogP contribution in [0.3, 0.4) is 0 Å². The first-order valence-electron chi connectivity index (χ1n) is 7.85. The van der Waals surface area contributed by atoms with Crippen molar-refractivity contribution in [2.75, 3.05) is 19.4 Å². The summed E-state index contributed by atoms with van der Waals surface area (Å²) < 4.78 is 0. The number of benzene rings is 1. The zero-order valence-corrected chi connectivity index (χ0v) is 13.7. The number of rotatable bonds is 3. The molecule has 0 unspecified atom stereocenters. The van der Waals surface area contributed by atoms with E-state index in [4.69, 9.17) is 0 Å². The van der Waals surface area contributed by atoms with E-state index >= 15 is 0 Å². The maximum atomic E-state index is 12.2. The van der Waals surface area contributed by atoms with E-state index in [2.05, 4.69) is 27.8 Å². The van der Waals surface area contributed by atoms with Gasteiger partial charge in [-0.2, -0.15) is 0 Å². The van der Waals surface area contributed by atoms with Gasteiger partial charge in [0.2, 0.25) is 0 Å². The molecule has 1 heterocycles. The van der Waals surface area contributed by atoms with Crippen LogP contribution in [-0.4, -0.2) is 42.0 Å². The minimum absolute atomic E-state index is 0.0899. The molecule has 2 N–H and O–H groups in total. The molecule has 0 fully saturated rings. The lowest BCUT2D eigenvalue weighted by molar-refractivity contribution is 0.0822. The van der Waals surface area contributed by atoms with Gasteiger partial charge in [-0.1, -0.05) is 24.3 Å². The van der Waals surface area contributed by atoms with Crippen molar-refractivity contribution in [3.8, 4) is 0 Å². The number of urea groups is 1. The van der Waals surface area contributed by atoms with E-state index in [1.54, 1.807) is 26.2 Å². The van der Waals surface area contributed by atoms with Crippen molar-refractivity contribution in [3.63, 3.8) is 0 Å². The number of carbonyl (C=O) groups is 2. The monoisotopic (exact) mass is 324 g/mol.